The minimum absolute atomic E-state index is 0.303. The summed E-state index contributed by atoms with van der Waals surface area (Å²) in [5.41, 5.74) is 0. The van der Waals surface area contributed by atoms with Crippen molar-refractivity contribution in [3.05, 3.63) is 0 Å². The van der Waals surface area contributed by atoms with Crippen molar-refractivity contribution in [1.82, 2.24) is 0 Å². The Morgan fingerprint density at radius 2 is 0.738 bits per heavy atom. The number of esters is 4. The summed E-state index contributed by atoms with van der Waals surface area (Å²) < 4.78 is 70.2. The van der Waals surface area contributed by atoms with Crippen molar-refractivity contribution in [2.45, 2.75) is 249 Å². The molecule has 21 nitrogen and oxygen atoms in total. The standard InChI is InChI=1S/C44H74O21/c1-10-11-12-13-14-15-16-17-18-19-20-54-41-31(51)29(49)35(22(3)55-41)63-43-33(53)38(36(23(4)57-43)60-26(7)46)64-44-40(62-28(9)48)39(37(24(5)58-44)61-27(8)47)65-42-32(52)30(50)34(21(2)56-42)59-25(6)45/h21-24,29-44,49-53H,10-20H2,1-9H3/t21-,22-,23-,24-,29-,30-,31+,32+,33+,34-,35-,36-,37-,38-,39+,40+,41+,42-,43-,44-/m1/s1. The third-order valence-corrected chi connectivity index (χ3v) is 11.9. The van der Waals surface area contributed by atoms with E-state index >= 15 is 0 Å². The van der Waals surface area contributed by atoms with E-state index < -0.39 is 147 Å². The van der Waals surface area contributed by atoms with Crippen molar-refractivity contribution in [3.63, 3.8) is 0 Å². The fourth-order valence-electron chi connectivity index (χ4n) is 8.58. The smallest absolute Gasteiger partial charge is 0.303 e. The van der Waals surface area contributed by atoms with Gasteiger partial charge in [-0.05, 0) is 34.1 Å². The number of aliphatic hydroxyl groups is 5. The number of rotatable bonds is 22. The van der Waals surface area contributed by atoms with Crippen LogP contribution in [0, 0.1) is 0 Å². The Bertz CT molecular complexity index is 1490. The molecule has 0 unspecified atom stereocenters. The first kappa shape index (κ1) is 55.0. The number of aliphatic hydroxyl groups excluding tert-OH is 5. The predicted molar refractivity (Wildman–Crippen MR) is 222 cm³/mol. The van der Waals surface area contributed by atoms with Gasteiger partial charge < -0.3 is 82.4 Å². The van der Waals surface area contributed by atoms with Gasteiger partial charge in [0.05, 0.1) is 24.4 Å². The topological polar surface area (TPSA) is 280 Å². The molecule has 4 aliphatic heterocycles. The van der Waals surface area contributed by atoms with Gasteiger partial charge >= 0.3 is 23.9 Å². The highest BCUT2D eigenvalue weighted by Crippen LogP contribution is 2.37. The van der Waals surface area contributed by atoms with Crippen LogP contribution in [0.5, 0.6) is 0 Å². The quantitative estimate of drug-likeness (QED) is 0.0585. The van der Waals surface area contributed by atoms with Crippen LogP contribution in [0.3, 0.4) is 0 Å². The van der Waals surface area contributed by atoms with Crippen molar-refractivity contribution in [2.24, 2.45) is 0 Å². The zero-order chi connectivity index (χ0) is 48.1. The molecule has 4 rings (SSSR count). The largest absolute Gasteiger partial charge is 0.457 e. The Balaban J connectivity index is 1.49. The maximum Gasteiger partial charge on any atom is 0.303 e. The van der Waals surface area contributed by atoms with Gasteiger partial charge in [-0.2, -0.15) is 0 Å². The van der Waals surface area contributed by atoms with Gasteiger partial charge in [-0.1, -0.05) is 64.7 Å². The van der Waals surface area contributed by atoms with Gasteiger partial charge in [-0.15, -0.1) is 0 Å². The molecular weight excluding hydrogens is 864 g/mol. The molecule has 5 N–H and O–H groups in total. The van der Waals surface area contributed by atoms with E-state index in [2.05, 4.69) is 6.92 Å². The fourth-order valence-corrected chi connectivity index (χ4v) is 8.58. The Morgan fingerprint density at radius 3 is 1.28 bits per heavy atom. The summed E-state index contributed by atoms with van der Waals surface area (Å²) in [5, 5.41) is 56.2. The van der Waals surface area contributed by atoms with Crippen molar-refractivity contribution in [2.75, 3.05) is 6.61 Å². The van der Waals surface area contributed by atoms with Gasteiger partial charge in [0.1, 0.15) is 48.8 Å². The van der Waals surface area contributed by atoms with E-state index in [1.807, 2.05) is 0 Å². The summed E-state index contributed by atoms with van der Waals surface area (Å²) >= 11 is 0. The lowest BCUT2D eigenvalue weighted by molar-refractivity contribution is -0.385. The number of carbonyl (C=O) groups excluding carboxylic acids is 4. The van der Waals surface area contributed by atoms with Crippen LogP contribution in [0.25, 0.3) is 0 Å². The Labute approximate surface area is 380 Å². The van der Waals surface area contributed by atoms with E-state index in [-0.39, 0.29) is 0 Å². The first-order valence-corrected chi connectivity index (χ1v) is 23.0. The molecule has 0 amide bonds. The molecule has 20 atom stereocenters. The molecular formula is C44H74O21. The monoisotopic (exact) mass is 938 g/mol. The van der Waals surface area contributed by atoms with Gasteiger partial charge in [0.2, 0.25) is 0 Å². The molecule has 4 aliphatic rings. The summed E-state index contributed by atoms with van der Waals surface area (Å²) in [4.78, 5) is 49.2. The number of hydrogen-bond acceptors (Lipinski definition) is 21. The van der Waals surface area contributed by atoms with Crippen LogP contribution < -0.4 is 0 Å². The van der Waals surface area contributed by atoms with Gasteiger partial charge in [-0.25, -0.2) is 0 Å². The molecule has 0 radical (unpaired) electrons. The van der Waals surface area contributed by atoms with Crippen LogP contribution in [-0.4, -0.2) is 179 Å². The highest BCUT2D eigenvalue weighted by molar-refractivity contribution is 5.67. The Kier molecular flexibility index (Phi) is 22.2. The molecule has 4 fully saturated rings. The van der Waals surface area contributed by atoms with Crippen molar-refractivity contribution in [3.8, 4) is 0 Å². The van der Waals surface area contributed by atoms with Crippen LogP contribution in [0.2, 0.25) is 0 Å². The minimum atomic E-state index is -1.85. The Hall–Kier alpha value is -2.64. The van der Waals surface area contributed by atoms with Crippen molar-refractivity contribution < 1.29 is 102 Å². The van der Waals surface area contributed by atoms with Gasteiger partial charge in [-0.3, -0.25) is 19.2 Å². The summed E-state index contributed by atoms with van der Waals surface area (Å²) in [6, 6.07) is 0. The van der Waals surface area contributed by atoms with E-state index in [1.54, 1.807) is 6.92 Å². The van der Waals surface area contributed by atoms with Crippen LogP contribution >= 0.6 is 0 Å². The molecule has 65 heavy (non-hydrogen) atoms. The molecule has 0 saturated carbocycles. The third kappa shape index (κ3) is 15.4. The van der Waals surface area contributed by atoms with Crippen molar-refractivity contribution in [1.29, 1.82) is 0 Å². The number of unbranched alkanes of at least 4 members (excludes halogenated alkanes) is 9. The molecule has 0 aliphatic carbocycles. The average Bonchev–Trinajstić information content (AvgIpc) is 3.22. The molecule has 0 aromatic heterocycles. The van der Waals surface area contributed by atoms with E-state index in [0.29, 0.717) is 6.61 Å². The molecule has 0 aromatic rings. The lowest BCUT2D eigenvalue weighted by Crippen LogP contribution is -2.67. The number of carbonyl (C=O) groups is 4. The fraction of sp³-hybridized carbons (Fsp3) is 0.909. The normalized spacial score (nSPS) is 39.8. The van der Waals surface area contributed by atoms with E-state index in [0.717, 1.165) is 53.4 Å². The first-order chi connectivity index (χ1) is 30.7. The van der Waals surface area contributed by atoms with E-state index in [1.165, 1.54) is 59.3 Å². The molecule has 0 bridgehead atoms. The summed E-state index contributed by atoms with van der Waals surface area (Å²) in [7, 11) is 0. The summed E-state index contributed by atoms with van der Waals surface area (Å²) in [6.45, 7) is 12.9. The van der Waals surface area contributed by atoms with Crippen molar-refractivity contribution >= 4 is 23.9 Å². The highest BCUT2D eigenvalue weighted by Gasteiger charge is 2.57. The minimum Gasteiger partial charge on any atom is -0.457 e. The van der Waals surface area contributed by atoms with E-state index in [4.69, 9.17) is 56.8 Å². The zero-order valence-electron chi connectivity index (χ0n) is 39.1. The lowest BCUT2D eigenvalue weighted by atomic mass is 9.95. The molecule has 4 heterocycles. The van der Waals surface area contributed by atoms with Crippen LogP contribution in [0.4, 0.5) is 0 Å². The third-order valence-electron chi connectivity index (χ3n) is 11.9. The second-order valence-electron chi connectivity index (χ2n) is 17.4. The van der Waals surface area contributed by atoms with Gasteiger partial charge in [0.15, 0.2) is 49.6 Å². The van der Waals surface area contributed by atoms with E-state index in [9.17, 15) is 44.7 Å². The molecule has 0 aromatic carbocycles. The van der Waals surface area contributed by atoms with Gasteiger partial charge in [0, 0.05) is 34.3 Å². The zero-order valence-corrected chi connectivity index (χ0v) is 39.1. The molecule has 21 heteroatoms. The summed E-state index contributed by atoms with van der Waals surface area (Å²) in [6.07, 6.45) is -17.5. The predicted octanol–water partition coefficient (Wildman–Crippen LogP) is 1.59. The average molecular weight is 939 g/mol. The maximum absolute atomic E-state index is 12.7. The lowest BCUT2D eigenvalue weighted by Gasteiger charge is -2.50. The Morgan fingerprint density at radius 1 is 0.385 bits per heavy atom. The van der Waals surface area contributed by atoms with Crippen LogP contribution in [0.15, 0.2) is 0 Å². The maximum atomic E-state index is 12.7. The molecule has 0 spiro atoms. The first-order valence-electron chi connectivity index (χ1n) is 23.0. The molecule has 376 valence electrons. The highest BCUT2D eigenvalue weighted by atomic mass is 16.8. The second-order valence-corrected chi connectivity index (χ2v) is 17.4. The van der Waals surface area contributed by atoms with Gasteiger partial charge in [0.25, 0.3) is 0 Å². The number of hydrogen-bond donors (Lipinski definition) is 5. The SMILES string of the molecule is CCCCCCCCCCCCO[C@H]1O[C@H](C)[C@@H](O[C@H]2O[C@H](C)[C@@H](OC(C)=O)[C@H](O[C@H]3O[C@H](C)[C@@H](OC(C)=O)[C@H](O[C@H]4O[C@H](C)[C@@H](OC(C)=O)[C@H](O)[C@@H]4O)[C@@H]3OC(C)=O)[C@@H]2O)[C@H](O)[C@@H]1O. The summed E-state index contributed by atoms with van der Waals surface area (Å²) in [5.74, 6) is -3.21. The second kappa shape index (κ2) is 26.2. The molecule has 4 saturated heterocycles. The van der Waals surface area contributed by atoms with Crippen LogP contribution in [-0.2, 0) is 76.0 Å². The van der Waals surface area contributed by atoms with Crippen LogP contribution in [0.1, 0.15) is 127 Å². The number of ether oxygens (including phenoxy) is 12.